The number of fused-ring (bicyclic) bond motifs is 1. The lowest BCUT2D eigenvalue weighted by molar-refractivity contribution is 0.0702. The molecule has 0 saturated carbocycles. The maximum absolute atomic E-state index is 14.1. The smallest absolute Gasteiger partial charge is 0.264 e. The number of pyridine rings is 1. The Morgan fingerprint density at radius 1 is 1.21 bits per heavy atom. The van der Waals surface area contributed by atoms with Crippen molar-refractivity contribution in [2.45, 2.75) is 25.8 Å². The Kier molecular flexibility index (Phi) is 5.09. The number of likely N-dealkylation sites (tertiary alicyclic amines) is 1. The highest BCUT2D eigenvalue weighted by atomic mass is 32.1. The van der Waals surface area contributed by atoms with Gasteiger partial charge in [0.2, 0.25) is 0 Å². The number of thiophene rings is 1. The first-order valence-electron chi connectivity index (χ1n) is 9.22. The van der Waals surface area contributed by atoms with E-state index in [0.29, 0.717) is 47.3 Å². The lowest BCUT2D eigenvalue weighted by Gasteiger charge is -2.32. The lowest BCUT2D eigenvalue weighted by Crippen LogP contribution is -2.46. The van der Waals surface area contributed by atoms with Crippen molar-refractivity contribution in [3.8, 4) is 0 Å². The summed E-state index contributed by atoms with van der Waals surface area (Å²) in [5, 5.41) is 3.55. The van der Waals surface area contributed by atoms with Gasteiger partial charge in [-0.25, -0.2) is 4.39 Å². The molecule has 2 amide bonds. The van der Waals surface area contributed by atoms with E-state index in [1.165, 1.54) is 23.6 Å². The summed E-state index contributed by atoms with van der Waals surface area (Å²) in [5.74, 6) is -0.494. The van der Waals surface area contributed by atoms with Gasteiger partial charge in [-0.15, -0.1) is 11.3 Å². The molecular formula is C21H20FN3O2S. The first kappa shape index (κ1) is 18.6. The molecule has 1 aromatic carbocycles. The quantitative estimate of drug-likeness (QED) is 0.732. The van der Waals surface area contributed by atoms with Crippen LogP contribution in [0.2, 0.25) is 0 Å². The first-order chi connectivity index (χ1) is 13.5. The summed E-state index contributed by atoms with van der Waals surface area (Å²) < 4.78 is 14.9. The molecule has 1 aliphatic heterocycles. The van der Waals surface area contributed by atoms with Gasteiger partial charge >= 0.3 is 0 Å². The number of nitrogens with one attached hydrogen (secondary N) is 1. The van der Waals surface area contributed by atoms with E-state index in [1.807, 2.05) is 6.07 Å². The van der Waals surface area contributed by atoms with Gasteiger partial charge in [-0.1, -0.05) is 6.07 Å². The number of hydrogen-bond donors (Lipinski definition) is 1. The van der Waals surface area contributed by atoms with Crippen LogP contribution in [0.25, 0.3) is 10.1 Å². The van der Waals surface area contributed by atoms with E-state index in [-0.39, 0.29) is 23.7 Å². The lowest BCUT2D eigenvalue weighted by atomic mass is 10.0. The van der Waals surface area contributed by atoms with E-state index in [9.17, 15) is 14.0 Å². The number of carbonyl (C=O) groups excluding carboxylic acids is 2. The topological polar surface area (TPSA) is 62.3 Å². The van der Waals surface area contributed by atoms with Crippen LogP contribution in [0, 0.1) is 12.7 Å². The minimum absolute atomic E-state index is 0.0257. The monoisotopic (exact) mass is 397 g/mol. The Labute approximate surface area is 166 Å². The number of rotatable bonds is 3. The third kappa shape index (κ3) is 3.49. The van der Waals surface area contributed by atoms with E-state index in [2.05, 4.69) is 10.3 Å². The molecule has 144 valence electrons. The van der Waals surface area contributed by atoms with Gasteiger partial charge in [0.05, 0.1) is 10.4 Å². The van der Waals surface area contributed by atoms with Crippen molar-refractivity contribution in [3.05, 3.63) is 64.5 Å². The zero-order valence-electron chi connectivity index (χ0n) is 15.4. The number of carbonyl (C=O) groups is 2. The van der Waals surface area contributed by atoms with Crippen LogP contribution in [0.1, 0.15) is 38.4 Å². The van der Waals surface area contributed by atoms with Gasteiger partial charge in [0.25, 0.3) is 11.8 Å². The summed E-state index contributed by atoms with van der Waals surface area (Å²) in [6, 6.07) is 8.41. The molecule has 0 bridgehead atoms. The minimum atomic E-state index is -0.290. The number of hydrogen-bond acceptors (Lipinski definition) is 4. The SMILES string of the molecule is Cc1c(C(=O)N2CCC(NC(=O)c3cccnc3)CC2)sc2cccc(F)c12. The molecule has 5 nitrogen and oxygen atoms in total. The van der Waals surface area contributed by atoms with Gasteiger partial charge in [-0.3, -0.25) is 14.6 Å². The molecule has 1 fully saturated rings. The Hall–Kier alpha value is -2.80. The fourth-order valence-electron chi connectivity index (χ4n) is 3.59. The van der Waals surface area contributed by atoms with Crippen molar-refractivity contribution >= 4 is 33.2 Å². The Balaban J connectivity index is 1.41. The summed E-state index contributed by atoms with van der Waals surface area (Å²) in [4.78, 5) is 31.6. The van der Waals surface area contributed by atoms with Crippen LogP contribution < -0.4 is 5.32 Å². The van der Waals surface area contributed by atoms with Gasteiger partial charge in [0, 0.05) is 41.6 Å². The van der Waals surface area contributed by atoms with E-state index in [4.69, 9.17) is 0 Å². The van der Waals surface area contributed by atoms with Crippen molar-refractivity contribution in [2.24, 2.45) is 0 Å². The maximum Gasteiger partial charge on any atom is 0.264 e. The number of amides is 2. The van der Waals surface area contributed by atoms with Crippen LogP contribution in [0.4, 0.5) is 4.39 Å². The Morgan fingerprint density at radius 3 is 2.68 bits per heavy atom. The van der Waals surface area contributed by atoms with Crippen LogP contribution >= 0.6 is 11.3 Å². The third-order valence-corrected chi connectivity index (χ3v) is 6.38. The normalized spacial score (nSPS) is 15.0. The predicted molar refractivity (Wildman–Crippen MR) is 107 cm³/mol. The Morgan fingerprint density at radius 2 is 2.00 bits per heavy atom. The van der Waals surface area contributed by atoms with Crippen LogP contribution in [0.5, 0.6) is 0 Å². The zero-order valence-corrected chi connectivity index (χ0v) is 16.3. The molecule has 0 unspecified atom stereocenters. The van der Waals surface area contributed by atoms with E-state index < -0.39 is 0 Å². The number of aryl methyl sites for hydroxylation is 1. The molecule has 1 N–H and O–H groups in total. The van der Waals surface area contributed by atoms with E-state index >= 15 is 0 Å². The predicted octanol–water partition coefficient (Wildman–Crippen LogP) is 3.78. The number of benzene rings is 1. The molecule has 1 aliphatic rings. The van der Waals surface area contributed by atoms with Crippen LogP contribution in [0.3, 0.4) is 0 Å². The van der Waals surface area contributed by atoms with Crippen molar-refractivity contribution in [2.75, 3.05) is 13.1 Å². The second-order valence-corrected chi connectivity index (χ2v) is 8.00. The largest absolute Gasteiger partial charge is 0.349 e. The number of nitrogens with zero attached hydrogens (tertiary/aromatic N) is 2. The zero-order chi connectivity index (χ0) is 19.7. The van der Waals surface area contributed by atoms with E-state index in [0.717, 1.165) is 4.70 Å². The fraction of sp³-hybridized carbons (Fsp3) is 0.286. The van der Waals surface area contributed by atoms with Gasteiger partial charge < -0.3 is 10.2 Å². The summed E-state index contributed by atoms with van der Waals surface area (Å²) in [7, 11) is 0. The van der Waals surface area contributed by atoms with Gasteiger partial charge in [0.15, 0.2) is 0 Å². The first-order valence-corrected chi connectivity index (χ1v) is 10.0. The van der Waals surface area contributed by atoms with Crippen LogP contribution in [0.15, 0.2) is 42.7 Å². The highest BCUT2D eigenvalue weighted by molar-refractivity contribution is 7.21. The molecule has 0 aliphatic carbocycles. The second kappa shape index (κ2) is 7.67. The molecule has 0 spiro atoms. The average molecular weight is 397 g/mol. The van der Waals surface area contributed by atoms with Gasteiger partial charge in [0.1, 0.15) is 5.82 Å². The highest BCUT2D eigenvalue weighted by Gasteiger charge is 2.27. The number of halogens is 1. The van der Waals surface area contributed by atoms with Crippen LogP contribution in [-0.2, 0) is 0 Å². The highest BCUT2D eigenvalue weighted by Crippen LogP contribution is 2.33. The summed E-state index contributed by atoms with van der Waals surface area (Å²) >= 11 is 1.34. The summed E-state index contributed by atoms with van der Waals surface area (Å²) in [5.41, 5.74) is 1.24. The molecule has 0 atom stereocenters. The molecule has 3 heterocycles. The standard InChI is InChI=1S/C21H20FN3O2S/c1-13-18-16(22)5-2-6-17(18)28-19(13)21(27)25-10-7-15(8-11-25)24-20(26)14-4-3-9-23-12-14/h2-6,9,12,15H,7-8,10-11H2,1H3,(H,24,26). The third-order valence-electron chi connectivity index (χ3n) is 5.14. The molecule has 0 radical (unpaired) electrons. The molecule has 7 heteroatoms. The minimum Gasteiger partial charge on any atom is -0.349 e. The number of piperidine rings is 1. The van der Waals surface area contributed by atoms with Crippen molar-refractivity contribution in [1.82, 2.24) is 15.2 Å². The van der Waals surface area contributed by atoms with Crippen molar-refractivity contribution in [1.29, 1.82) is 0 Å². The molecular weight excluding hydrogens is 377 g/mol. The fourth-order valence-corrected chi connectivity index (χ4v) is 4.78. The molecule has 28 heavy (non-hydrogen) atoms. The molecule has 2 aromatic heterocycles. The summed E-state index contributed by atoms with van der Waals surface area (Å²) in [6.45, 7) is 2.93. The summed E-state index contributed by atoms with van der Waals surface area (Å²) in [6.07, 6.45) is 4.55. The molecule has 4 rings (SSSR count). The molecule has 3 aromatic rings. The molecule has 1 saturated heterocycles. The number of aromatic nitrogens is 1. The van der Waals surface area contributed by atoms with E-state index in [1.54, 1.807) is 36.2 Å². The average Bonchev–Trinajstić information content (AvgIpc) is 3.06. The van der Waals surface area contributed by atoms with Crippen molar-refractivity contribution < 1.29 is 14.0 Å². The van der Waals surface area contributed by atoms with Gasteiger partial charge in [-0.05, 0) is 49.6 Å². The Bertz CT molecular complexity index is 1030. The van der Waals surface area contributed by atoms with Gasteiger partial charge in [-0.2, -0.15) is 0 Å². The maximum atomic E-state index is 14.1. The second-order valence-electron chi connectivity index (χ2n) is 6.95. The van der Waals surface area contributed by atoms with Crippen molar-refractivity contribution in [3.63, 3.8) is 0 Å². The van der Waals surface area contributed by atoms with Crippen LogP contribution in [-0.4, -0.2) is 40.8 Å².